The Kier molecular flexibility index (Phi) is 10.5. The van der Waals surface area contributed by atoms with Crippen LogP contribution in [0.4, 0.5) is 5.82 Å². The van der Waals surface area contributed by atoms with Gasteiger partial charge in [0.15, 0.2) is 11.9 Å². The van der Waals surface area contributed by atoms with Crippen molar-refractivity contribution in [2.24, 2.45) is 28.9 Å². The van der Waals surface area contributed by atoms with E-state index >= 15 is 0 Å². The molecule has 1 aliphatic carbocycles. The molecule has 6 atom stereocenters. The van der Waals surface area contributed by atoms with Crippen molar-refractivity contribution in [3.8, 4) is 6.07 Å². The summed E-state index contributed by atoms with van der Waals surface area (Å²) in [5.41, 5.74) is 3.87. The van der Waals surface area contributed by atoms with Gasteiger partial charge in [-0.25, -0.2) is 9.50 Å². The number of nitriles is 1. The number of aliphatic hydroxyl groups is 1. The second-order valence-corrected chi connectivity index (χ2v) is 13.7. The number of aromatic nitrogens is 3. The predicted octanol–water partition coefficient (Wildman–Crippen LogP) is 3.24. The Morgan fingerprint density at radius 3 is 2.53 bits per heavy atom. The molecular weight excluding hydrogens is 580 g/mol. The zero-order valence-corrected chi connectivity index (χ0v) is 27.0. The maximum absolute atomic E-state index is 13.1. The molecule has 2 aromatic rings. The largest absolute Gasteiger partial charge is 0.463 e. The predicted molar refractivity (Wildman–Crippen MR) is 163 cm³/mol. The lowest BCUT2D eigenvalue weighted by atomic mass is 9.87. The molecule has 2 fully saturated rings. The first-order chi connectivity index (χ1) is 21.2. The van der Waals surface area contributed by atoms with E-state index < -0.39 is 47.3 Å². The molecule has 1 saturated carbocycles. The molecule has 3 heterocycles. The molecule has 0 radical (unpaired) electrons. The maximum atomic E-state index is 13.1. The fourth-order valence-electron chi connectivity index (χ4n) is 5.71. The number of amides is 1. The molecule has 246 valence electrons. The van der Waals surface area contributed by atoms with Crippen LogP contribution >= 0.6 is 0 Å². The van der Waals surface area contributed by atoms with Crippen LogP contribution in [0, 0.1) is 34.5 Å². The van der Waals surface area contributed by atoms with Gasteiger partial charge in [0.25, 0.3) is 0 Å². The van der Waals surface area contributed by atoms with Gasteiger partial charge < -0.3 is 30.4 Å². The fraction of sp³-hybridized carbons (Fsp3) is 0.688. The van der Waals surface area contributed by atoms with E-state index in [-0.39, 0.29) is 48.2 Å². The minimum absolute atomic E-state index is 0.0915. The lowest BCUT2D eigenvalue weighted by Gasteiger charge is -2.29. The van der Waals surface area contributed by atoms with Gasteiger partial charge in [-0.1, -0.05) is 60.8 Å². The van der Waals surface area contributed by atoms with Gasteiger partial charge >= 0.3 is 11.9 Å². The standard InChI is InChI=1S/C32H46N6O7/c1-18(2)19(3)29(41)37-28-21-12-13-23(38(21)36-17-35-28)32(16-33)27(40)25(44-30(42)26(34)31(4,5)6)22(45-32)15-43-24(39)14-20-10-8-7-9-11-20/h12-13,17-20,22,25-27,40H,7-11,14-15,34H2,1-6H3,(H,35,36,37,41)/t19-,22-,25-,26-,27-,32+/m1/s1. The number of carbonyl (C=O) groups is 3. The molecule has 13 nitrogen and oxygen atoms in total. The van der Waals surface area contributed by atoms with E-state index in [4.69, 9.17) is 19.9 Å². The molecule has 2 aliphatic rings. The Labute approximate surface area is 263 Å². The number of nitrogens with zero attached hydrogens (tertiary/aromatic N) is 4. The number of carbonyl (C=O) groups excluding carboxylic acids is 3. The number of anilines is 1. The number of ether oxygens (including phenoxy) is 3. The summed E-state index contributed by atoms with van der Waals surface area (Å²) >= 11 is 0. The summed E-state index contributed by atoms with van der Waals surface area (Å²) < 4.78 is 18.8. The third-order valence-electron chi connectivity index (χ3n) is 9.11. The Morgan fingerprint density at radius 1 is 1.22 bits per heavy atom. The molecule has 4 N–H and O–H groups in total. The molecular formula is C32H46N6O7. The summed E-state index contributed by atoms with van der Waals surface area (Å²) in [7, 11) is 0. The van der Waals surface area contributed by atoms with E-state index in [2.05, 4.69) is 21.5 Å². The van der Waals surface area contributed by atoms with E-state index in [9.17, 15) is 24.8 Å². The lowest BCUT2D eigenvalue weighted by molar-refractivity contribution is -0.163. The molecule has 2 aromatic heterocycles. The van der Waals surface area contributed by atoms with Crippen LogP contribution in [-0.4, -0.2) is 68.5 Å². The van der Waals surface area contributed by atoms with Crippen LogP contribution in [-0.2, 0) is 34.2 Å². The molecule has 0 unspecified atom stereocenters. The number of fused-ring (bicyclic) bond motifs is 1. The van der Waals surface area contributed by atoms with Crippen molar-refractivity contribution in [2.45, 2.75) is 110 Å². The first-order valence-corrected chi connectivity index (χ1v) is 15.7. The normalized spacial score (nSPS) is 25.5. The van der Waals surface area contributed by atoms with Gasteiger partial charge in [-0.15, -0.1) is 0 Å². The van der Waals surface area contributed by atoms with Crippen molar-refractivity contribution < 1.29 is 33.7 Å². The lowest BCUT2D eigenvalue weighted by Crippen LogP contribution is -2.49. The molecule has 0 spiro atoms. The highest BCUT2D eigenvalue weighted by Crippen LogP contribution is 2.42. The Hall–Kier alpha value is -3.60. The number of rotatable bonds is 10. The topological polar surface area (TPSA) is 191 Å². The second kappa shape index (κ2) is 13.8. The van der Waals surface area contributed by atoms with Gasteiger partial charge in [0, 0.05) is 12.3 Å². The van der Waals surface area contributed by atoms with Crippen molar-refractivity contribution in [1.29, 1.82) is 5.26 Å². The second-order valence-electron chi connectivity index (χ2n) is 13.7. The Morgan fingerprint density at radius 2 is 1.91 bits per heavy atom. The van der Waals surface area contributed by atoms with Gasteiger partial charge in [0.2, 0.25) is 11.5 Å². The van der Waals surface area contributed by atoms with Crippen LogP contribution in [0.1, 0.15) is 85.8 Å². The minimum atomic E-state index is -2.09. The molecule has 1 saturated heterocycles. The van der Waals surface area contributed by atoms with Gasteiger partial charge in [-0.2, -0.15) is 10.4 Å². The highest BCUT2D eigenvalue weighted by atomic mass is 16.6. The summed E-state index contributed by atoms with van der Waals surface area (Å²) in [4.78, 5) is 42.9. The van der Waals surface area contributed by atoms with Crippen LogP contribution in [0.2, 0.25) is 0 Å². The fourth-order valence-corrected chi connectivity index (χ4v) is 5.71. The number of hydrogen-bond acceptors (Lipinski definition) is 11. The van der Waals surface area contributed by atoms with Crippen molar-refractivity contribution in [1.82, 2.24) is 14.6 Å². The molecule has 0 bridgehead atoms. The Balaban J connectivity index is 1.64. The SMILES string of the molecule is CC(C)[C@@H](C)C(=O)Nc1ncnn2c([C@]3(C#N)O[C@H](COC(=O)CC4CCCCC4)[C@@H](OC(=O)[C@@H](N)C(C)(C)C)[C@H]3O)ccc12. The van der Waals surface area contributed by atoms with Gasteiger partial charge in [0.1, 0.15) is 42.8 Å². The van der Waals surface area contributed by atoms with Crippen molar-refractivity contribution >= 4 is 29.2 Å². The number of hydrogen-bond donors (Lipinski definition) is 3. The molecule has 4 rings (SSSR count). The highest BCUT2D eigenvalue weighted by molar-refractivity contribution is 5.95. The molecule has 1 aliphatic heterocycles. The summed E-state index contributed by atoms with van der Waals surface area (Å²) in [6.45, 7) is 10.6. The zero-order valence-electron chi connectivity index (χ0n) is 27.0. The minimum Gasteiger partial charge on any atom is -0.463 e. The van der Waals surface area contributed by atoms with Crippen molar-refractivity contribution in [3.05, 3.63) is 24.2 Å². The summed E-state index contributed by atoms with van der Waals surface area (Å²) in [6.07, 6.45) is 2.38. The average Bonchev–Trinajstić information content (AvgIpc) is 3.55. The first-order valence-electron chi connectivity index (χ1n) is 15.7. The molecule has 45 heavy (non-hydrogen) atoms. The monoisotopic (exact) mass is 626 g/mol. The third kappa shape index (κ3) is 7.29. The third-order valence-corrected chi connectivity index (χ3v) is 9.11. The highest BCUT2D eigenvalue weighted by Gasteiger charge is 2.60. The van der Waals surface area contributed by atoms with E-state index in [0.29, 0.717) is 5.52 Å². The molecule has 1 amide bonds. The van der Waals surface area contributed by atoms with Crippen LogP contribution in [0.25, 0.3) is 5.52 Å². The summed E-state index contributed by atoms with van der Waals surface area (Å²) in [5, 5.41) is 29.3. The van der Waals surface area contributed by atoms with E-state index in [0.717, 1.165) is 32.1 Å². The van der Waals surface area contributed by atoms with Gasteiger partial charge in [-0.05, 0) is 42.2 Å². The van der Waals surface area contributed by atoms with Crippen LogP contribution in [0.5, 0.6) is 0 Å². The number of nitrogens with one attached hydrogen (secondary N) is 1. The quantitative estimate of drug-likeness (QED) is 0.328. The van der Waals surface area contributed by atoms with Crippen LogP contribution < -0.4 is 11.1 Å². The summed E-state index contributed by atoms with van der Waals surface area (Å²) in [5.74, 6) is -1.22. The smallest absolute Gasteiger partial charge is 0.323 e. The average molecular weight is 627 g/mol. The van der Waals surface area contributed by atoms with Crippen molar-refractivity contribution in [3.63, 3.8) is 0 Å². The maximum Gasteiger partial charge on any atom is 0.323 e. The van der Waals surface area contributed by atoms with Gasteiger partial charge in [-0.3, -0.25) is 14.4 Å². The zero-order chi connectivity index (χ0) is 33.1. The molecule has 13 heteroatoms. The Bertz CT molecular complexity index is 1420. The van der Waals surface area contributed by atoms with Crippen LogP contribution in [0.3, 0.4) is 0 Å². The van der Waals surface area contributed by atoms with E-state index in [1.54, 1.807) is 26.8 Å². The number of aliphatic hydroxyl groups excluding tert-OH is 1. The van der Waals surface area contributed by atoms with E-state index in [1.807, 2.05) is 20.8 Å². The van der Waals surface area contributed by atoms with Crippen LogP contribution in [0.15, 0.2) is 18.5 Å². The summed E-state index contributed by atoms with van der Waals surface area (Å²) in [6, 6.07) is 4.13. The first kappa shape index (κ1) is 34.3. The number of nitrogens with two attached hydrogens (primary N) is 1. The van der Waals surface area contributed by atoms with Crippen molar-refractivity contribution in [2.75, 3.05) is 11.9 Å². The number of esters is 2. The molecule has 0 aromatic carbocycles. The van der Waals surface area contributed by atoms with Gasteiger partial charge in [0.05, 0.1) is 5.69 Å². The van der Waals surface area contributed by atoms with E-state index in [1.165, 1.54) is 16.9 Å².